The number of pyridine rings is 1. The number of aromatic nitrogens is 3. The van der Waals surface area contributed by atoms with Gasteiger partial charge in [0.05, 0.1) is 11.7 Å². The highest BCUT2D eigenvalue weighted by Gasteiger charge is 2.32. The molecule has 0 aliphatic carbocycles. The first-order valence-electron chi connectivity index (χ1n) is 11.2. The SMILES string of the molecule is C[C@H]1CC(c2cccc(OCc3ccc4cnn(C)c4c3)n2)CCN1C(=O)OC(C)(C)C. The number of fused-ring (bicyclic) bond motifs is 1. The average Bonchev–Trinajstić information content (AvgIpc) is 3.11. The molecule has 1 aliphatic heterocycles. The fraction of sp³-hybridized carbons (Fsp3) is 0.480. The molecule has 4 rings (SSSR count). The van der Waals surface area contributed by atoms with Gasteiger partial charge < -0.3 is 14.4 Å². The molecule has 2 atom stereocenters. The molecule has 32 heavy (non-hydrogen) atoms. The van der Waals surface area contributed by atoms with E-state index in [2.05, 4.69) is 36.3 Å². The van der Waals surface area contributed by atoms with E-state index in [9.17, 15) is 4.79 Å². The van der Waals surface area contributed by atoms with Crippen molar-refractivity contribution in [2.75, 3.05) is 6.54 Å². The van der Waals surface area contributed by atoms with Crippen molar-refractivity contribution < 1.29 is 14.3 Å². The lowest BCUT2D eigenvalue weighted by atomic mass is 9.89. The summed E-state index contributed by atoms with van der Waals surface area (Å²) in [5, 5.41) is 5.40. The van der Waals surface area contributed by atoms with Crippen LogP contribution in [0.5, 0.6) is 5.88 Å². The Kier molecular flexibility index (Phi) is 6.09. The zero-order valence-electron chi connectivity index (χ0n) is 19.5. The maximum absolute atomic E-state index is 12.5. The molecule has 1 unspecified atom stereocenters. The van der Waals surface area contributed by atoms with Crippen molar-refractivity contribution in [3.63, 3.8) is 0 Å². The van der Waals surface area contributed by atoms with Crippen LogP contribution in [-0.2, 0) is 18.4 Å². The first-order valence-corrected chi connectivity index (χ1v) is 11.2. The van der Waals surface area contributed by atoms with Gasteiger partial charge in [-0.3, -0.25) is 4.68 Å². The van der Waals surface area contributed by atoms with Crippen LogP contribution >= 0.6 is 0 Å². The van der Waals surface area contributed by atoms with Crippen molar-refractivity contribution >= 4 is 17.0 Å². The van der Waals surface area contributed by atoms with Gasteiger partial charge in [-0.1, -0.05) is 18.2 Å². The summed E-state index contributed by atoms with van der Waals surface area (Å²) in [6.07, 6.45) is 3.34. The Morgan fingerprint density at radius 2 is 2.03 bits per heavy atom. The number of likely N-dealkylation sites (tertiary alicyclic amines) is 1. The van der Waals surface area contributed by atoms with Gasteiger partial charge in [0.15, 0.2) is 0 Å². The number of carbonyl (C=O) groups excluding carboxylic acids is 1. The summed E-state index contributed by atoms with van der Waals surface area (Å²) >= 11 is 0. The maximum Gasteiger partial charge on any atom is 0.410 e. The number of hydrogen-bond donors (Lipinski definition) is 0. The van der Waals surface area contributed by atoms with Gasteiger partial charge in [-0.05, 0) is 58.2 Å². The number of amides is 1. The summed E-state index contributed by atoms with van der Waals surface area (Å²) in [7, 11) is 1.94. The average molecular weight is 437 g/mol. The Hall–Kier alpha value is -3.09. The fourth-order valence-corrected chi connectivity index (χ4v) is 4.21. The number of carbonyl (C=O) groups is 1. The number of ether oxygens (including phenoxy) is 2. The molecule has 0 N–H and O–H groups in total. The molecule has 3 heterocycles. The Labute approximate surface area is 189 Å². The zero-order chi connectivity index (χ0) is 22.9. The van der Waals surface area contributed by atoms with Crippen LogP contribution < -0.4 is 4.74 Å². The third-order valence-electron chi connectivity index (χ3n) is 5.87. The van der Waals surface area contributed by atoms with Crippen molar-refractivity contribution in [2.45, 2.75) is 64.7 Å². The second-order valence-corrected chi connectivity index (χ2v) is 9.59. The van der Waals surface area contributed by atoms with Crippen LogP contribution in [0, 0.1) is 0 Å². The molecule has 1 saturated heterocycles. The van der Waals surface area contributed by atoms with Crippen LogP contribution in [0.1, 0.15) is 57.7 Å². The fourth-order valence-electron chi connectivity index (χ4n) is 4.21. The maximum atomic E-state index is 12.5. The molecule has 170 valence electrons. The molecule has 1 fully saturated rings. The van der Waals surface area contributed by atoms with Crippen molar-refractivity contribution in [2.24, 2.45) is 7.05 Å². The van der Waals surface area contributed by atoms with E-state index in [1.807, 2.05) is 55.7 Å². The van der Waals surface area contributed by atoms with Gasteiger partial charge >= 0.3 is 6.09 Å². The van der Waals surface area contributed by atoms with Gasteiger partial charge in [-0.15, -0.1) is 0 Å². The van der Waals surface area contributed by atoms with Crippen molar-refractivity contribution in [3.05, 3.63) is 53.9 Å². The molecule has 7 heteroatoms. The van der Waals surface area contributed by atoms with Gasteiger partial charge in [0.1, 0.15) is 12.2 Å². The third-order valence-corrected chi connectivity index (χ3v) is 5.87. The summed E-state index contributed by atoms with van der Waals surface area (Å²) in [5.41, 5.74) is 2.69. The molecular formula is C25H32N4O3. The van der Waals surface area contributed by atoms with Crippen molar-refractivity contribution in [1.82, 2.24) is 19.7 Å². The molecule has 1 amide bonds. The minimum Gasteiger partial charge on any atom is -0.473 e. The van der Waals surface area contributed by atoms with Crippen LogP contribution in [0.3, 0.4) is 0 Å². The first-order chi connectivity index (χ1) is 15.2. The van der Waals surface area contributed by atoms with Crippen molar-refractivity contribution in [1.29, 1.82) is 0 Å². The van der Waals surface area contributed by atoms with E-state index in [-0.39, 0.29) is 18.1 Å². The van der Waals surface area contributed by atoms with E-state index in [0.29, 0.717) is 19.0 Å². The van der Waals surface area contributed by atoms with Gasteiger partial charge in [-0.2, -0.15) is 5.10 Å². The normalized spacial score (nSPS) is 19.2. The first kappa shape index (κ1) is 22.1. The van der Waals surface area contributed by atoms with Gasteiger partial charge in [-0.25, -0.2) is 9.78 Å². The lowest BCUT2D eigenvalue weighted by Gasteiger charge is -2.38. The van der Waals surface area contributed by atoms with Crippen LogP contribution in [0.4, 0.5) is 4.79 Å². The van der Waals surface area contributed by atoms with Crippen LogP contribution in [-0.4, -0.2) is 43.9 Å². The Morgan fingerprint density at radius 1 is 1.22 bits per heavy atom. The molecular weight excluding hydrogens is 404 g/mol. The van der Waals surface area contributed by atoms with Gasteiger partial charge in [0.2, 0.25) is 5.88 Å². The lowest BCUT2D eigenvalue weighted by Crippen LogP contribution is -2.46. The molecule has 2 aromatic heterocycles. The molecule has 0 bridgehead atoms. The number of benzene rings is 1. The molecule has 0 saturated carbocycles. The predicted octanol–water partition coefficient (Wildman–Crippen LogP) is 5.05. The summed E-state index contributed by atoms with van der Waals surface area (Å²) in [4.78, 5) is 19.1. The van der Waals surface area contributed by atoms with E-state index in [0.717, 1.165) is 35.0 Å². The Bertz CT molecular complexity index is 1100. The van der Waals surface area contributed by atoms with Crippen LogP contribution in [0.2, 0.25) is 0 Å². The van der Waals surface area contributed by atoms with Crippen LogP contribution in [0.15, 0.2) is 42.6 Å². The van der Waals surface area contributed by atoms with Crippen LogP contribution in [0.25, 0.3) is 10.9 Å². The van der Waals surface area contributed by atoms with E-state index in [1.54, 1.807) is 0 Å². The number of nitrogens with zero attached hydrogens (tertiary/aromatic N) is 4. The summed E-state index contributed by atoms with van der Waals surface area (Å²) in [6, 6.07) is 12.3. The molecule has 1 aromatic carbocycles. The summed E-state index contributed by atoms with van der Waals surface area (Å²) in [5.74, 6) is 0.910. The molecule has 1 aliphatic rings. The highest BCUT2D eigenvalue weighted by molar-refractivity contribution is 5.79. The number of hydrogen-bond acceptors (Lipinski definition) is 5. The molecule has 3 aromatic rings. The quantitative estimate of drug-likeness (QED) is 0.572. The Balaban J connectivity index is 1.38. The largest absolute Gasteiger partial charge is 0.473 e. The van der Waals surface area contributed by atoms with E-state index < -0.39 is 5.60 Å². The second-order valence-electron chi connectivity index (χ2n) is 9.59. The number of piperidine rings is 1. The number of rotatable bonds is 4. The molecule has 0 spiro atoms. The summed E-state index contributed by atoms with van der Waals surface area (Å²) in [6.45, 7) is 8.87. The molecule has 7 nitrogen and oxygen atoms in total. The smallest absolute Gasteiger partial charge is 0.410 e. The van der Waals surface area contributed by atoms with E-state index >= 15 is 0 Å². The zero-order valence-corrected chi connectivity index (χ0v) is 19.5. The topological polar surface area (TPSA) is 69.5 Å². The highest BCUT2D eigenvalue weighted by atomic mass is 16.6. The molecule has 0 radical (unpaired) electrons. The third kappa shape index (κ3) is 5.03. The standard InChI is InChI=1S/C25H32N4O3/c1-17-13-19(11-12-29(17)24(30)32-25(2,3)4)21-7-6-8-23(27-21)31-16-18-9-10-20-15-26-28(5)22(20)14-18/h6-10,14-15,17,19H,11-13,16H2,1-5H3/t17-,19?/m0/s1. The van der Waals surface area contributed by atoms with Gasteiger partial charge in [0, 0.05) is 42.7 Å². The second kappa shape index (κ2) is 8.81. The summed E-state index contributed by atoms with van der Waals surface area (Å²) < 4.78 is 13.4. The number of aryl methyl sites for hydroxylation is 1. The van der Waals surface area contributed by atoms with Crippen molar-refractivity contribution in [3.8, 4) is 5.88 Å². The van der Waals surface area contributed by atoms with E-state index in [4.69, 9.17) is 14.5 Å². The van der Waals surface area contributed by atoms with E-state index in [1.165, 1.54) is 0 Å². The highest BCUT2D eigenvalue weighted by Crippen LogP contribution is 2.32. The Morgan fingerprint density at radius 3 is 2.78 bits per heavy atom. The predicted molar refractivity (Wildman–Crippen MR) is 124 cm³/mol. The minimum atomic E-state index is -0.484. The van der Waals surface area contributed by atoms with Gasteiger partial charge in [0.25, 0.3) is 0 Å². The minimum absolute atomic E-state index is 0.0978. The monoisotopic (exact) mass is 436 g/mol. The lowest BCUT2D eigenvalue weighted by molar-refractivity contribution is 0.0102.